The van der Waals surface area contributed by atoms with E-state index in [1.54, 1.807) is 23.3 Å². The van der Waals surface area contributed by atoms with Crippen LogP contribution in [0, 0.1) is 34.6 Å². The minimum absolute atomic E-state index is 0. The number of aryl methyl sites for hydroxylation is 3. The zero-order chi connectivity index (χ0) is 30.6. The molecule has 6 aromatic carbocycles. The first kappa shape index (κ1) is 38.0. The average molecular weight is 715 g/mol. The molecule has 0 saturated carbocycles. The minimum Gasteiger partial charge on any atom is -1.00 e. The first-order valence-electron chi connectivity index (χ1n) is 15.0. The smallest absolute Gasteiger partial charge is 0.0247 e. The number of halogens is 2. The molecule has 0 nitrogen and oxygen atoms in total. The first-order valence-corrected chi connectivity index (χ1v) is 21.2. The van der Waals surface area contributed by atoms with Crippen LogP contribution in [-0.4, -0.2) is 5.43 Å². The van der Waals surface area contributed by atoms with E-state index < -0.39 is 0 Å². The summed E-state index contributed by atoms with van der Waals surface area (Å²) in [5.41, 5.74) is 13.9. The van der Waals surface area contributed by atoms with Crippen molar-refractivity contribution < 1.29 is 48.1 Å². The fourth-order valence-electron chi connectivity index (χ4n) is 5.53. The van der Waals surface area contributed by atoms with E-state index in [2.05, 4.69) is 159 Å². The minimum atomic E-state index is 0. The third kappa shape index (κ3) is 8.95. The van der Waals surface area contributed by atoms with Crippen LogP contribution in [0.25, 0.3) is 43.8 Å². The average Bonchev–Trinajstić information content (AvgIpc) is 3.57. The fraction of sp³-hybridized carbons (Fsp3) is 0.250. The van der Waals surface area contributed by atoms with Gasteiger partial charge >= 0.3 is 41.9 Å². The van der Waals surface area contributed by atoms with Gasteiger partial charge in [-0.05, 0) is 54.5 Å². The molecule has 44 heavy (non-hydrogen) atoms. The van der Waals surface area contributed by atoms with Gasteiger partial charge in [0.1, 0.15) is 0 Å². The second-order valence-corrected chi connectivity index (χ2v) is 21.5. The summed E-state index contributed by atoms with van der Waals surface area (Å²) < 4.78 is 0. The van der Waals surface area contributed by atoms with E-state index in [0.29, 0.717) is 5.92 Å². The summed E-state index contributed by atoms with van der Waals surface area (Å²) in [6, 6.07) is 35.4. The Morgan fingerprint density at radius 2 is 1.23 bits per heavy atom. The number of benzene rings is 4. The van der Waals surface area contributed by atoms with Gasteiger partial charge in [-0.2, -0.15) is 12.1 Å². The third-order valence-corrected chi connectivity index (χ3v) is 8.12. The molecule has 0 aromatic heterocycles. The quantitative estimate of drug-likeness (QED) is 0.158. The summed E-state index contributed by atoms with van der Waals surface area (Å²) in [5, 5.41) is 5.49. The van der Waals surface area contributed by atoms with Crippen LogP contribution in [-0.2, 0) is 23.3 Å². The van der Waals surface area contributed by atoms with Crippen molar-refractivity contribution in [3.05, 3.63) is 130 Å². The molecule has 228 valence electrons. The van der Waals surface area contributed by atoms with Crippen molar-refractivity contribution in [2.75, 3.05) is 0 Å². The zero-order valence-corrected chi connectivity index (χ0v) is 32.5. The van der Waals surface area contributed by atoms with Gasteiger partial charge in [0.2, 0.25) is 0 Å². The molecule has 0 saturated heterocycles. The Morgan fingerprint density at radius 3 is 1.86 bits per heavy atom. The van der Waals surface area contributed by atoms with Crippen LogP contribution in [0.1, 0.15) is 53.1 Å². The van der Waals surface area contributed by atoms with Crippen LogP contribution in [0.3, 0.4) is 0 Å². The predicted octanol–water partition coefficient (Wildman–Crippen LogP) is 5.91. The van der Waals surface area contributed by atoms with E-state index in [9.17, 15) is 0 Å². The van der Waals surface area contributed by atoms with Crippen molar-refractivity contribution in [1.82, 2.24) is 0 Å². The molecule has 0 unspecified atom stereocenters. The second kappa shape index (κ2) is 16.9. The van der Waals surface area contributed by atoms with Gasteiger partial charge in [-0.15, -0.1) is 68.6 Å². The van der Waals surface area contributed by atoms with Gasteiger partial charge in [0, 0.05) is 0 Å². The Morgan fingerprint density at radius 1 is 0.614 bits per heavy atom. The molecule has 0 spiro atoms. The maximum atomic E-state index is 2.34. The van der Waals surface area contributed by atoms with Gasteiger partial charge < -0.3 is 24.8 Å². The summed E-state index contributed by atoms with van der Waals surface area (Å²) in [6.07, 6.45) is 0. The topological polar surface area (TPSA) is 0 Å². The van der Waals surface area contributed by atoms with E-state index in [4.69, 9.17) is 0 Å². The van der Waals surface area contributed by atoms with E-state index >= 15 is 0 Å². The molecule has 0 radical (unpaired) electrons. The molecule has 0 fully saturated rings. The third-order valence-electron chi connectivity index (χ3n) is 8.12. The Hall–Kier alpha value is -2.22. The zero-order valence-electron chi connectivity index (χ0n) is 27.6. The predicted molar refractivity (Wildman–Crippen MR) is 185 cm³/mol. The summed E-state index contributed by atoms with van der Waals surface area (Å²) in [7, 11) is 0. The molecule has 0 amide bonds. The van der Waals surface area contributed by atoms with Crippen LogP contribution in [0.2, 0.25) is 13.1 Å². The summed E-state index contributed by atoms with van der Waals surface area (Å²) in [6.45, 7) is 20.1. The van der Waals surface area contributed by atoms with Crippen molar-refractivity contribution in [2.45, 2.75) is 67.5 Å². The Balaban J connectivity index is 0.000000264. The van der Waals surface area contributed by atoms with Crippen LogP contribution >= 0.6 is 0 Å². The molecule has 0 aliphatic rings. The van der Waals surface area contributed by atoms with E-state index in [0.717, 1.165) is 0 Å². The van der Waals surface area contributed by atoms with Crippen molar-refractivity contribution in [3.8, 4) is 22.3 Å². The first-order chi connectivity index (χ1) is 20.0. The van der Waals surface area contributed by atoms with Crippen LogP contribution < -0.4 is 24.8 Å². The van der Waals surface area contributed by atoms with Gasteiger partial charge in [0.25, 0.3) is 0 Å². The molecular weight excluding hydrogens is 671 g/mol. The maximum absolute atomic E-state index is 2.34. The van der Waals surface area contributed by atoms with Crippen molar-refractivity contribution >= 4 is 27.0 Å². The largest absolute Gasteiger partial charge is 1.00 e. The SMILES string of the molecule is CC(C)c1cc2c(-c3ccccc3)cccc2[cH-]1.C[Si](C)=[Zr+2].Cc1cc2c(-c3ccc(C)c(C)c3C)ccc(C)c2[cH-]1.[Cl-].[Cl-]. The standard InChI is InChI=1S/C20H21.C18H17.C2H6Si.2ClH.Zr/c1-12-10-19-14(3)7-9-18(20(19)11-12)17-8-6-13(2)15(4)16(17)5;1-13(2)16-11-15-9-6-10-17(18(15)12-16)14-7-4-3-5-8-14;1-3-2;;;/h6-11H,1-5H3;3-13H,1-2H3;1-2H3;2*1H;/q2*-1;;;;+2/p-2. The Labute approximate surface area is 293 Å². The van der Waals surface area contributed by atoms with Crippen LogP contribution in [0.15, 0.2) is 97.1 Å². The number of rotatable bonds is 3. The molecule has 6 rings (SSSR count). The molecule has 0 atom stereocenters. The monoisotopic (exact) mass is 712 g/mol. The normalized spacial score (nSPS) is 10.4. The second-order valence-electron chi connectivity index (χ2n) is 12.1. The van der Waals surface area contributed by atoms with E-state index in [-0.39, 0.29) is 30.2 Å². The molecule has 0 bridgehead atoms. The molecule has 0 N–H and O–H groups in total. The molecule has 0 heterocycles. The summed E-state index contributed by atoms with van der Waals surface area (Å²) >= 11 is 1.74. The molecule has 6 aromatic rings. The molecule has 0 aliphatic carbocycles. The van der Waals surface area contributed by atoms with Gasteiger partial charge in [0.05, 0.1) is 0 Å². The van der Waals surface area contributed by atoms with Crippen LogP contribution in [0.4, 0.5) is 0 Å². The van der Waals surface area contributed by atoms with Gasteiger partial charge in [-0.3, -0.25) is 0 Å². The Bertz CT molecular complexity index is 1840. The van der Waals surface area contributed by atoms with E-state index in [1.165, 1.54) is 77.2 Å². The van der Waals surface area contributed by atoms with Crippen molar-refractivity contribution in [3.63, 3.8) is 0 Å². The number of hydrogen-bond donors (Lipinski definition) is 0. The molecular formula is C40H44Cl2SiZr-2. The Kier molecular flexibility index (Phi) is 14.6. The van der Waals surface area contributed by atoms with Crippen molar-refractivity contribution in [2.24, 2.45) is 0 Å². The van der Waals surface area contributed by atoms with E-state index in [1.807, 2.05) is 0 Å². The van der Waals surface area contributed by atoms with Crippen molar-refractivity contribution in [1.29, 1.82) is 0 Å². The maximum Gasteiger partial charge on any atom is -0.0247 e. The fourth-order valence-corrected chi connectivity index (χ4v) is 5.53. The summed E-state index contributed by atoms with van der Waals surface area (Å²) in [5.74, 6) is 0.584. The van der Waals surface area contributed by atoms with Crippen LogP contribution in [0.5, 0.6) is 0 Å². The molecule has 4 heteroatoms. The number of hydrogen-bond acceptors (Lipinski definition) is 0. The van der Waals surface area contributed by atoms with Gasteiger partial charge in [0.15, 0.2) is 0 Å². The van der Waals surface area contributed by atoms with Gasteiger partial charge in [-0.1, -0.05) is 93.4 Å². The summed E-state index contributed by atoms with van der Waals surface area (Å²) in [4.78, 5) is 0. The molecule has 0 aliphatic heterocycles. The number of fused-ring (bicyclic) bond motifs is 2. The van der Waals surface area contributed by atoms with Gasteiger partial charge in [-0.25, -0.2) is 0 Å².